The van der Waals surface area contributed by atoms with Crippen molar-refractivity contribution < 1.29 is 13.6 Å². The Morgan fingerprint density at radius 2 is 1.55 bits per heavy atom. The Morgan fingerprint density at radius 1 is 1.00 bits per heavy atom. The van der Waals surface area contributed by atoms with Crippen molar-refractivity contribution in [2.45, 2.75) is 6.92 Å². The van der Waals surface area contributed by atoms with Crippen molar-refractivity contribution in [1.29, 1.82) is 0 Å². The zero-order valence-corrected chi connectivity index (χ0v) is 14.6. The van der Waals surface area contributed by atoms with Gasteiger partial charge in [0.1, 0.15) is 11.6 Å². The van der Waals surface area contributed by atoms with Crippen LogP contribution in [0.15, 0.2) is 35.5 Å². The summed E-state index contributed by atoms with van der Waals surface area (Å²) in [4.78, 5) is 4.97. The van der Waals surface area contributed by atoms with E-state index in [1.807, 2.05) is 19.1 Å². The molecule has 0 radical (unpaired) electrons. The fraction of sp³-hybridized carbons (Fsp3) is 0.0714. The lowest BCUT2D eigenvalue weighted by molar-refractivity contribution is 0.339. The smallest absolute Gasteiger partial charge is 0.163 e. The van der Waals surface area contributed by atoms with Gasteiger partial charge in [-0.1, -0.05) is 5.16 Å². The molecule has 2 nitrogen and oxygen atoms in total. The molecule has 104 valence electrons. The third-order valence-electron chi connectivity index (χ3n) is 2.50. The molecule has 0 aliphatic carbocycles. The number of oxime groups is 1. The monoisotopic (exact) mass is 499 g/mol. The molecule has 2 aromatic carbocycles. The van der Waals surface area contributed by atoms with Gasteiger partial charge in [-0.15, -0.1) is 0 Å². The summed E-state index contributed by atoms with van der Waals surface area (Å²) in [5, 5.41) is 3.74. The van der Waals surface area contributed by atoms with E-state index in [1.54, 1.807) is 0 Å². The van der Waals surface area contributed by atoms with Crippen molar-refractivity contribution in [1.82, 2.24) is 0 Å². The zero-order chi connectivity index (χ0) is 14.7. The summed E-state index contributed by atoms with van der Waals surface area (Å²) in [6, 6.07) is 6.83. The molecule has 0 atom stereocenters. The molecular weight excluding hydrogens is 490 g/mol. The summed E-state index contributed by atoms with van der Waals surface area (Å²) in [5.74, 6) is -1.38. The fourth-order valence-corrected chi connectivity index (χ4v) is 3.29. The van der Waals surface area contributed by atoms with Gasteiger partial charge in [0.25, 0.3) is 0 Å². The highest BCUT2D eigenvalue weighted by atomic mass is 127. The zero-order valence-electron chi connectivity index (χ0n) is 10.3. The van der Waals surface area contributed by atoms with Crippen molar-refractivity contribution in [3.63, 3.8) is 0 Å². The van der Waals surface area contributed by atoms with Gasteiger partial charge in [-0.05, 0) is 75.4 Å². The summed E-state index contributed by atoms with van der Waals surface area (Å²) >= 11 is 4.48. The van der Waals surface area contributed by atoms with E-state index in [4.69, 9.17) is 4.84 Å². The van der Waals surface area contributed by atoms with E-state index in [0.717, 1.165) is 30.9 Å². The number of hydrogen-bond donors (Lipinski definition) is 0. The second-order valence-corrected chi connectivity index (χ2v) is 6.36. The second kappa shape index (κ2) is 6.79. The molecule has 20 heavy (non-hydrogen) atoms. The predicted molar refractivity (Wildman–Crippen MR) is 91.2 cm³/mol. The van der Waals surface area contributed by atoms with Gasteiger partial charge in [-0.25, -0.2) is 8.78 Å². The lowest BCUT2D eigenvalue weighted by atomic mass is 10.2. The molecule has 0 amide bonds. The van der Waals surface area contributed by atoms with E-state index >= 15 is 0 Å². The summed E-state index contributed by atoms with van der Waals surface area (Å²) in [6.07, 6.45) is 1.51. The van der Waals surface area contributed by atoms with Gasteiger partial charge >= 0.3 is 0 Å². The van der Waals surface area contributed by atoms with Gasteiger partial charge < -0.3 is 4.84 Å². The van der Waals surface area contributed by atoms with Crippen molar-refractivity contribution in [2.75, 3.05) is 0 Å². The maximum Gasteiger partial charge on any atom is 0.163 e. The van der Waals surface area contributed by atoms with Crippen molar-refractivity contribution >= 4 is 51.4 Å². The molecule has 0 fully saturated rings. The molecule has 0 heterocycles. The average Bonchev–Trinajstić information content (AvgIpc) is 2.34. The van der Waals surface area contributed by atoms with E-state index in [2.05, 4.69) is 50.3 Å². The first-order chi connectivity index (χ1) is 9.45. The lowest BCUT2D eigenvalue weighted by Gasteiger charge is -2.03. The minimum atomic E-state index is -0.699. The number of nitrogens with zero attached hydrogens (tertiary/aromatic N) is 1. The molecule has 0 saturated carbocycles. The Bertz CT molecular complexity index is 631. The van der Waals surface area contributed by atoms with E-state index in [-0.39, 0.29) is 5.75 Å². The Kier molecular flexibility index (Phi) is 5.30. The van der Waals surface area contributed by atoms with Crippen LogP contribution in [0.5, 0.6) is 5.75 Å². The molecule has 0 saturated heterocycles. The first-order valence-corrected chi connectivity index (χ1v) is 7.73. The van der Waals surface area contributed by atoms with Gasteiger partial charge in [0.15, 0.2) is 5.75 Å². The van der Waals surface area contributed by atoms with Crippen LogP contribution in [0.2, 0.25) is 0 Å². The maximum atomic E-state index is 13.0. The van der Waals surface area contributed by atoms with Crippen LogP contribution < -0.4 is 4.84 Å². The Hall–Kier alpha value is -0.770. The van der Waals surface area contributed by atoms with Gasteiger partial charge in [-0.2, -0.15) is 0 Å². The van der Waals surface area contributed by atoms with Gasteiger partial charge in [0, 0.05) is 25.3 Å². The molecule has 0 aliphatic heterocycles. The molecule has 6 heteroatoms. The Morgan fingerprint density at radius 3 is 2.10 bits per heavy atom. The number of rotatable bonds is 3. The molecule has 2 rings (SSSR count). The summed E-state index contributed by atoms with van der Waals surface area (Å²) in [6.45, 7) is 2.04. The van der Waals surface area contributed by atoms with Crippen molar-refractivity contribution in [2.24, 2.45) is 5.16 Å². The van der Waals surface area contributed by atoms with Crippen LogP contribution in [0.25, 0.3) is 0 Å². The first kappa shape index (κ1) is 15.6. The molecule has 0 spiro atoms. The molecule has 0 aromatic heterocycles. The van der Waals surface area contributed by atoms with Crippen LogP contribution in [0.1, 0.15) is 11.1 Å². The van der Waals surface area contributed by atoms with E-state index in [1.165, 1.54) is 11.8 Å². The average molecular weight is 499 g/mol. The van der Waals surface area contributed by atoms with Gasteiger partial charge in [0.2, 0.25) is 0 Å². The predicted octanol–water partition coefficient (Wildman–Crippen LogP) is 4.90. The van der Waals surface area contributed by atoms with Crippen LogP contribution in [-0.2, 0) is 0 Å². The summed E-state index contributed by atoms with van der Waals surface area (Å²) in [5.41, 5.74) is 2.07. The third kappa shape index (κ3) is 4.11. The number of halogens is 4. The molecule has 2 aromatic rings. The summed E-state index contributed by atoms with van der Waals surface area (Å²) in [7, 11) is 0. The minimum Gasteiger partial charge on any atom is -0.357 e. The number of hydrogen-bond acceptors (Lipinski definition) is 2. The molecule has 0 unspecified atom stereocenters. The molecular formula is C14H9F2I2NO. The lowest BCUT2D eigenvalue weighted by Crippen LogP contribution is -1.93. The van der Waals surface area contributed by atoms with Crippen molar-refractivity contribution in [3.05, 3.63) is 60.2 Å². The fourth-order valence-electron chi connectivity index (χ4n) is 1.47. The number of benzene rings is 2. The third-order valence-corrected chi connectivity index (χ3v) is 4.74. The molecule has 0 bridgehead atoms. The van der Waals surface area contributed by atoms with Gasteiger partial charge in [-0.3, -0.25) is 0 Å². The standard InChI is InChI=1S/C14H9F2I2NO/c1-8-13(17)2-9(3-14(8)18)7-19-20-12-5-10(15)4-11(16)6-12/h2-7H,1H3/b19-7-. The quantitative estimate of drug-likeness (QED) is 0.335. The second-order valence-electron chi connectivity index (χ2n) is 4.04. The normalized spacial score (nSPS) is 11.1. The largest absolute Gasteiger partial charge is 0.357 e. The summed E-state index contributed by atoms with van der Waals surface area (Å²) < 4.78 is 28.1. The van der Waals surface area contributed by atoms with Crippen LogP contribution in [0.3, 0.4) is 0 Å². The van der Waals surface area contributed by atoms with Gasteiger partial charge in [0.05, 0.1) is 6.21 Å². The highest BCUT2D eigenvalue weighted by Gasteiger charge is 2.03. The molecule has 0 N–H and O–H groups in total. The van der Waals surface area contributed by atoms with Crippen LogP contribution in [0.4, 0.5) is 8.78 Å². The van der Waals surface area contributed by atoms with Crippen molar-refractivity contribution in [3.8, 4) is 5.75 Å². The minimum absolute atomic E-state index is 0.0234. The van der Waals surface area contributed by atoms with Crippen LogP contribution in [-0.4, -0.2) is 6.21 Å². The first-order valence-electron chi connectivity index (χ1n) is 5.58. The van der Waals surface area contributed by atoms with Crippen LogP contribution in [0, 0.1) is 25.7 Å². The Balaban J connectivity index is 2.14. The van der Waals surface area contributed by atoms with Crippen LogP contribution >= 0.6 is 45.2 Å². The highest BCUT2D eigenvalue weighted by molar-refractivity contribution is 14.1. The van der Waals surface area contributed by atoms with E-state index in [0.29, 0.717) is 0 Å². The maximum absolute atomic E-state index is 13.0. The van der Waals surface area contributed by atoms with E-state index in [9.17, 15) is 8.78 Å². The Labute approximate surface area is 142 Å². The molecule has 0 aliphatic rings. The topological polar surface area (TPSA) is 21.6 Å². The van der Waals surface area contributed by atoms with E-state index < -0.39 is 11.6 Å². The highest BCUT2D eigenvalue weighted by Crippen LogP contribution is 2.20. The SMILES string of the molecule is Cc1c(I)cc(/C=N\Oc2cc(F)cc(F)c2)cc1I.